The summed E-state index contributed by atoms with van der Waals surface area (Å²) in [6.07, 6.45) is 1.19. The van der Waals surface area contributed by atoms with E-state index in [4.69, 9.17) is 9.47 Å². The number of anilines is 2. The minimum Gasteiger partial charge on any atom is -0.465 e. The third kappa shape index (κ3) is 5.14. The smallest absolute Gasteiger partial charge is 0.343 e. The summed E-state index contributed by atoms with van der Waals surface area (Å²) in [6.45, 7) is 0. The van der Waals surface area contributed by atoms with Crippen LogP contribution >= 0.6 is 11.8 Å². The molecule has 0 amide bonds. The van der Waals surface area contributed by atoms with Gasteiger partial charge in [-0.2, -0.15) is 0 Å². The molecule has 1 aromatic heterocycles. The molecule has 3 aromatic rings. The van der Waals surface area contributed by atoms with E-state index in [1.807, 2.05) is 6.07 Å². The lowest BCUT2D eigenvalue weighted by molar-refractivity contribution is -0.387. The zero-order valence-electron chi connectivity index (χ0n) is 16.4. The van der Waals surface area contributed by atoms with Gasteiger partial charge in [-0.05, 0) is 30.3 Å². The average Bonchev–Trinajstić information content (AvgIpc) is 2.78. The topological polar surface area (TPSA) is 134 Å². The number of ether oxygens (including phenoxy) is 2. The Kier molecular flexibility index (Phi) is 6.78. The number of hydrogen-bond donors (Lipinski definition) is 1. The van der Waals surface area contributed by atoms with Crippen molar-refractivity contribution in [2.45, 2.75) is 9.92 Å². The first-order valence-electron chi connectivity index (χ1n) is 8.74. The first kappa shape index (κ1) is 21.7. The van der Waals surface area contributed by atoms with E-state index in [-0.39, 0.29) is 33.3 Å². The number of esters is 2. The minimum atomic E-state index is -0.689. The van der Waals surface area contributed by atoms with Crippen LogP contribution in [0.4, 0.5) is 17.2 Å². The summed E-state index contributed by atoms with van der Waals surface area (Å²) in [4.78, 5) is 43.9. The Morgan fingerprint density at radius 3 is 2.16 bits per heavy atom. The van der Waals surface area contributed by atoms with E-state index in [9.17, 15) is 19.7 Å². The summed E-state index contributed by atoms with van der Waals surface area (Å²) in [7, 11) is 2.39. The van der Waals surface area contributed by atoms with Gasteiger partial charge in [0.15, 0.2) is 5.03 Å². The maximum atomic E-state index is 12.0. The van der Waals surface area contributed by atoms with Crippen molar-refractivity contribution >= 4 is 40.9 Å². The maximum absolute atomic E-state index is 12.0. The fourth-order valence-corrected chi connectivity index (χ4v) is 3.49. The van der Waals surface area contributed by atoms with Gasteiger partial charge in [0.2, 0.25) is 5.82 Å². The highest BCUT2D eigenvalue weighted by molar-refractivity contribution is 7.99. The van der Waals surface area contributed by atoms with Crippen LogP contribution in [0.25, 0.3) is 0 Å². The van der Waals surface area contributed by atoms with Crippen molar-refractivity contribution in [2.24, 2.45) is 0 Å². The van der Waals surface area contributed by atoms with Crippen molar-refractivity contribution in [2.75, 3.05) is 19.5 Å². The number of nitrogens with one attached hydrogen (secondary N) is 1. The number of carbonyl (C=O) groups excluding carboxylic acids is 2. The number of hydrogen-bond acceptors (Lipinski definition) is 10. The Balaban J connectivity index is 2.04. The van der Waals surface area contributed by atoms with E-state index >= 15 is 0 Å². The molecular weight excluding hydrogens is 424 g/mol. The monoisotopic (exact) mass is 440 g/mol. The number of nitro groups is 1. The molecule has 0 spiro atoms. The van der Waals surface area contributed by atoms with Gasteiger partial charge in [0.05, 0.1) is 30.3 Å². The molecule has 11 heteroatoms. The van der Waals surface area contributed by atoms with Crippen LogP contribution in [0.15, 0.2) is 64.8 Å². The van der Waals surface area contributed by atoms with Gasteiger partial charge in [0.1, 0.15) is 6.33 Å². The minimum absolute atomic E-state index is 0.0588. The van der Waals surface area contributed by atoms with Crippen LogP contribution in [0.5, 0.6) is 0 Å². The zero-order valence-corrected chi connectivity index (χ0v) is 17.2. The van der Waals surface area contributed by atoms with Crippen molar-refractivity contribution in [3.8, 4) is 0 Å². The normalized spacial score (nSPS) is 10.3. The predicted octanol–water partition coefficient (Wildman–Crippen LogP) is 3.85. The van der Waals surface area contributed by atoms with E-state index in [0.717, 1.165) is 16.7 Å². The second kappa shape index (κ2) is 9.67. The third-order valence-electron chi connectivity index (χ3n) is 3.97. The van der Waals surface area contributed by atoms with Crippen LogP contribution in [0.1, 0.15) is 20.7 Å². The molecule has 0 aliphatic heterocycles. The molecule has 10 nitrogen and oxygen atoms in total. The first-order valence-corrected chi connectivity index (χ1v) is 9.55. The van der Waals surface area contributed by atoms with Gasteiger partial charge in [-0.3, -0.25) is 10.1 Å². The Hall–Kier alpha value is -3.99. The van der Waals surface area contributed by atoms with Gasteiger partial charge in [0, 0.05) is 10.6 Å². The standard InChI is InChI=1S/C20H16N4O6S/c1-29-19(25)12-8-13(20(26)30-2)10-14(9-12)23-17-16(24(27)28)18(22-11-21-17)31-15-6-4-3-5-7-15/h3-11H,1-2H3,(H,21,22,23). The van der Waals surface area contributed by atoms with Crippen LogP contribution in [0, 0.1) is 10.1 Å². The van der Waals surface area contributed by atoms with Gasteiger partial charge >= 0.3 is 17.6 Å². The molecule has 1 heterocycles. The fraction of sp³-hybridized carbons (Fsp3) is 0.100. The molecule has 1 N–H and O–H groups in total. The molecule has 0 radical (unpaired) electrons. The van der Waals surface area contributed by atoms with Crippen molar-refractivity contribution in [3.63, 3.8) is 0 Å². The van der Waals surface area contributed by atoms with E-state index in [1.165, 1.54) is 38.7 Å². The molecular formula is C20H16N4O6S. The molecule has 0 unspecified atom stereocenters. The van der Waals surface area contributed by atoms with Gasteiger partial charge in [0.25, 0.3) is 0 Å². The Morgan fingerprint density at radius 2 is 1.61 bits per heavy atom. The fourth-order valence-electron chi connectivity index (χ4n) is 2.60. The lowest BCUT2D eigenvalue weighted by atomic mass is 10.1. The number of aromatic nitrogens is 2. The third-order valence-corrected chi connectivity index (χ3v) is 4.97. The van der Waals surface area contributed by atoms with Gasteiger partial charge in [-0.1, -0.05) is 30.0 Å². The highest BCUT2D eigenvalue weighted by atomic mass is 32.2. The zero-order chi connectivity index (χ0) is 22.4. The summed E-state index contributed by atoms with van der Waals surface area (Å²) in [5.74, 6) is -1.48. The molecule has 0 fully saturated rings. The van der Waals surface area contributed by atoms with E-state index < -0.39 is 16.9 Å². The highest BCUT2D eigenvalue weighted by Crippen LogP contribution is 2.37. The molecule has 0 aliphatic carbocycles. The second-order valence-electron chi connectivity index (χ2n) is 5.96. The summed E-state index contributed by atoms with van der Waals surface area (Å²) in [6, 6.07) is 13.1. The number of rotatable bonds is 7. The number of nitrogens with zero attached hydrogens (tertiary/aromatic N) is 3. The Labute approximate surface area is 180 Å². The van der Waals surface area contributed by atoms with Crippen molar-refractivity contribution in [1.29, 1.82) is 0 Å². The second-order valence-corrected chi connectivity index (χ2v) is 7.02. The molecule has 0 aliphatic rings. The molecule has 0 saturated heterocycles. The summed E-state index contributed by atoms with van der Waals surface area (Å²) < 4.78 is 9.40. The van der Waals surface area contributed by atoms with E-state index in [2.05, 4.69) is 15.3 Å². The maximum Gasteiger partial charge on any atom is 0.343 e. The molecule has 0 atom stereocenters. The van der Waals surface area contributed by atoms with Crippen LogP contribution in [0.2, 0.25) is 0 Å². The summed E-state index contributed by atoms with van der Waals surface area (Å²) >= 11 is 1.11. The predicted molar refractivity (Wildman–Crippen MR) is 112 cm³/mol. The lowest BCUT2D eigenvalue weighted by Gasteiger charge is -2.11. The van der Waals surface area contributed by atoms with Crippen LogP contribution in [0.3, 0.4) is 0 Å². The molecule has 158 valence electrons. The number of carbonyl (C=O) groups is 2. The van der Waals surface area contributed by atoms with Gasteiger partial charge in [-0.25, -0.2) is 19.6 Å². The first-order chi connectivity index (χ1) is 14.9. The van der Waals surface area contributed by atoms with Crippen LogP contribution < -0.4 is 5.32 Å². The van der Waals surface area contributed by atoms with Crippen LogP contribution in [-0.2, 0) is 9.47 Å². The SMILES string of the molecule is COC(=O)c1cc(Nc2ncnc(Sc3ccccc3)c2[N+](=O)[O-])cc(C(=O)OC)c1. The molecule has 31 heavy (non-hydrogen) atoms. The molecule has 2 aromatic carbocycles. The number of methoxy groups -OCH3 is 2. The molecule has 0 bridgehead atoms. The highest BCUT2D eigenvalue weighted by Gasteiger charge is 2.24. The average molecular weight is 440 g/mol. The summed E-state index contributed by atoms with van der Waals surface area (Å²) in [5.41, 5.74) is -0.0211. The van der Waals surface area contributed by atoms with E-state index in [0.29, 0.717) is 0 Å². The largest absolute Gasteiger partial charge is 0.465 e. The van der Waals surface area contributed by atoms with Gasteiger partial charge < -0.3 is 14.8 Å². The van der Waals surface area contributed by atoms with Crippen LogP contribution in [-0.4, -0.2) is 41.0 Å². The van der Waals surface area contributed by atoms with E-state index in [1.54, 1.807) is 24.3 Å². The quantitative estimate of drug-likeness (QED) is 0.250. The summed E-state index contributed by atoms with van der Waals surface area (Å²) in [5, 5.41) is 14.7. The van der Waals surface area contributed by atoms with Gasteiger partial charge in [-0.15, -0.1) is 0 Å². The van der Waals surface area contributed by atoms with Crippen molar-refractivity contribution < 1.29 is 24.0 Å². The molecule has 0 saturated carbocycles. The lowest BCUT2D eigenvalue weighted by Crippen LogP contribution is -2.09. The van der Waals surface area contributed by atoms with Crippen molar-refractivity contribution in [1.82, 2.24) is 9.97 Å². The van der Waals surface area contributed by atoms with Crippen molar-refractivity contribution in [3.05, 3.63) is 76.1 Å². The Bertz CT molecular complexity index is 1110. The number of benzene rings is 2. The Morgan fingerprint density at radius 1 is 1.00 bits per heavy atom. The molecule has 3 rings (SSSR count).